The van der Waals surface area contributed by atoms with Crippen molar-refractivity contribution in [2.45, 2.75) is 31.5 Å². The third-order valence-electron chi connectivity index (χ3n) is 5.51. The molecule has 4 rings (SSSR count). The van der Waals surface area contributed by atoms with Gasteiger partial charge in [0.25, 0.3) is 6.43 Å². The molecule has 1 N–H and O–H groups in total. The van der Waals surface area contributed by atoms with E-state index in [9.17, 15) is 41.0 Å². The van der Waals surface area contributed by atoms with E-state index in [1.54, 1.807) is 0 Å². The predicted molar refractivity (Wildman–Crippen MR) is 126 cm³/mol. The summed E-state index contributed by atoms with van der Waals surface area (Å²) in [5.74, 6) is -2.77. The van der Waals surface area contributed by atoms with Gasteiger partial charge in [0.1, 0.15) is 6.54 Å². The maximum Gasteiger partial charge on any atom is 0.418 e. The van der Waals surface area contributed by atoms with Gasteiger partial charge in [-0.2, -0.15) is 13.2 Å². The number of carbonyl (C=O) groups excluding carboxylic acids is 1. The van der Waals surface area contributed by atoms with E-state index >= 15 is 0 Å². The van der Waals surface area contributed by atoms with E-state index < -0.39 is 71.9 Å². The number of esters is 1. The number of ether oxygens (including phenoxy) is 1. The lowest BCUT2D eigenvalue weighted by molar-refractivity contribution is -0.137. The molecule has 2 aromatic carbocycles. The van der Waals surface area contributed by atoms with Gasteiger partial charge >= 0.3 is 17.8 Å². The summed E-state index contributed by atoms with van der Waals surface area (Å²) in [6.07, 6.45) is -14.2. The number of halogens is 7. The number of hydrogen-bond donors (Lipinski definition) is 1. The van der Waals surface area contributed by atoms with Gasteiger partial charge in [0.15, 0.2) is 17.8 Å². The molecule has 0 saturated carbocycles. The molecule has 4 aromatic rings. The number of para-hydroxylation sites is 1. The van der Waals surface area contributed by atoms with Gasteiger partial charge in [-0.25, -0.2) is 41.7 Å². The molecule has 0 aliphatic rings. The first kappa shape index (κ1) is 28.8. The molecule has 2 atom stereocenters. The fourth-order valence-corrected chi connectivity index (χ4v) is 3.79. The first-order valence-electron chi connectivity index (χ1n) is 11.1. The number of nitrogens with zero attached hydrogens (tertiary/aromatic N) is 6. The minimum atomic E-state index is -4.85. The monoisotopic (exact) mass is 590 g/mol. The second-order valence-electron chi connectivity index (χ2n) is 8.11. The number of aliphatic hydroxyl groups is 1. The van der Waals surface area contributed by atoms with Crippen LogP contribution in [0, 0.1) is 0 Å². The van der Waals surface area contributed by atoms with E-state index in [0.717, 1.165) is 25.3 Å². The van der Waals surface area contributed by atoms with E-state index in [4.69, 9.17) is 11.6 Å². The third-order valence-corrected chi connectivity index (χ3v) is 5.76. The van der Waals surface area contributed by atoms with Crippen LogP contribution in [0.15, 0.2) is 53.3 Å². The molecule has 0 radical (unpaired) electrons. The van der Waals surface area contributed by atoms with Crippen LogP contribution in [0.3, 0.4) is 0 Å². The second-order valence-corrected chi connectivity index (χ2v) is 8.54. The number of aromatic nitrogens is 6. The van der Waals surface area contributed by atoms with Crippen LogP contribution in [0.25, 0.3) is 17.1 Å². The molecule has 1 unspecified atom stereocenters. The summed E-state index contributed by atoms with van der Waals surface area (Å²) in [6, 6.07) is 9.47. The summed E-state index contributed by atoms with van der Waals surface area (Å²) in [4.78, 5) is 29.3. The van der Waals surface area contributed by atoms with Crippen LogP contribution in [-0.2, 0) is 17.5 Å². The minimum absolute atomic E-state index is 0.0530. The molecule has 212 valence electrons. The summed E-state index contributed by atoms with van der Waals surface area (Å²) in [5, 5.41) is 17.7. The lowest BCUT2D eigenvalue weighted by atomic mass is 10.1. The highest BCUT2D eigenvalue weighted by Gasteiger charge is 2.36. The number of methoxy groups -OCH3 is 1. The Morgan fingerprint density at radius 2 is 1.73 bits per heavy atom. The average Bonchev–Trinajstić information content (AvgIpc) is 3.48. The van der Waals surface area contributed by atoms with Crippen LogP contribution in [0.5, 0.6) is 0 Å². The molecular weight excluding hydrogens is 574 g/mol. The molecule has 0 spiro atoms. The maximum absolute atomic E-state index is 15.0. The smallest absolute Gasteiger partial charge is 0.418 e. The Kier molecular flexibility index (Phi) is 8.02. The van der Waals surface area contributed by atoms with Gasteiger partial charge in [0, 0.05) is 10.6 Å². The van der Waals surface area contributed by atoms with Crippen molar-refractivity contribution in [3.8, 4) is 17.1 Å². The van der Waals surface area contributed by atoms with Gasteiger partial charge in [0.05, 0.1) is 18.4 Å². The number of rotatable bonds is 8. The highest BCUT2D eigenvalue weighted by molar-refractivity contribution is 6.30. The van der Waals surface area contributed by atoms with E-state index in [1.807, 2.05) is 0 Å². The molecule has 40 heavy (non-hydrogen) atoms. The van der Waals surface area contributed by atoms with Gasteiger partial charge in [0.2, 0.25) is 12.1 Å². The number of aliphatic hydroxyl groups excluding tert-OH is 1. The van der Waals surface area contributed by atoms with Crippen molar-refractivity contribution in [2.75, 3.05) is 7.11 Å². The van der Waals surface area contributed by atoms with Crippen molar-refractivity contribution < 1.29 is 41.0 Å². The van der Waals surface area contributed by atoms with Gasteiger partial charge in [-0.3, -0.25) is 0 Å². The largest absolute Gasteiger partial charge is 0.463 e. The van der Waals surface area contributed by atoms with Gasteiger partial charge in [-0.1, -0.05) is 23.7 Å². The fraction of sp³-hybridized carbons (Fsp3) is 0.261. The summed E-state index contributed by atoms with van der Waals surface area (Å²) in [6.45, 7) is -0.741. The molecule has 0 amide bonds. The highest BCUT2D eigenvalue weighted by atomic mass is 35.5. The normalized spacial score (nSPS) is 13.4. The molecule has 10 nitrogen and oxygen atoms in total. The molecule has 17 heteroatoms. The lowest BCUT2D eigenvalue weighted by Crippen LogP contribution is -2.35. The zero-order valence-electron chi connectivity index (χ0n) is 20.1. The SMILES string of the molecule is COC(=O)c1nc(Cn2nc(-c3ccc(Cl)cc3)n(C(F)[C@H](O)C(F)F)c2=O)nn1-c1ccccc1C(F)(F)F. The Hall–Kier alpha value is -4.18. The Morgan fingerprint density at radius 3 is 2.33 bits per heavy atom. The molecule has 0 fully saturated rings. The van der Waals surface area contributed by atoms with Crippen LogP contribution in [0.1, 0.15) is 28.3 Å². The topological polar surface area (TPSA) is 117 Å². The Labute approximate surface area is 225 Å². The molecule has 0 bridgehead atoms. The zero-order chi connectivity index (χ0) is 29.4. The Balaban J connectivity index is 1.85. The van der Waals surface area contributed by atoms with Crippen molar-refractivity contribution in [1.82, 2.24) is 29.1 Å². The lowest BCUT2D eigenvalue weighted by Gasteiger charge is -2.16. The van der Waals surface area contributed by atoms with Crippen molar-refractivity contribution in [2.24, 2.45) is 0 Å². The Morgan fingerprint density at radius 1 is 1.07 bits per heavy atom. The molecule has 2 aromatic heterocycles. The molecule has 0 aliphatic heterocycles. The maximum atomic E-state index is 15.0. The van der Waals surface area contributed by atoms with E-state index in [1.165, 1.54) is 30.3 Å². The summed E-state index contributed by atoms with van der Waals surface area (Å²) in [7, 11) is 0.955. The molecular formula is C23H17ClF6N6O4. The fourth-order valence-electron chi connectivity index (χ4n) is 3.66. The third kappa shape index (κ3) is 5.58. The Bertz CT molecular complexity index is 1580. The average molecular weight is 591 g/mol. The minimum Gasteiger partial charge on any atom is -0.463 e. The summed E-state index contributed by atoms with van der Waals surface area (Å²) < 4.78 is 87.9. The van der Waals surface area contributed by atoms with Crippen molar-refractivity contribution >= 4 is 17.6 Å². The van der Waals surface area contributed by atoms with Crippen LogP contribution in [-0.4, -0.2) is 59.8 Å². The van der Waals surface area contributed by atoms with Crippen molar-refractivity contribution in [3.05, 3.63) is 81.3 Å². The quantitative estimate of drug-likeness (QED) is 0.244. The number of alkyl halides is 6. The van der Waals surface area contributed by atoms with Gasteiger partial charge in [-0.15, -0.1) is 10.2 Å². The highest BCUT2D eigenvalue weighted by Crippen LogP contribution is 2.34. The van der Waals surface area contributed by atoms with Crippen molar-refractivity contribution in [1.29, 1.82) is 0 Å². The van der Waals surface area contributed by atoms with E-state index in [-0.39, 0.29) is 15.2 Å². The van der Waals surface area contributed by atoms with Crippen molar-refractivity contribution in [3.63, 3.8) is 0 Å². The standard InChI is InChI=1S/C23H17ClF6N6O4/c1-40-21(38)20-31-15(32-36(20)14-5-3-2-4-13(14)23(28,29)30)10-34-22(39)35(18(27)16(37)17(25)26)19(33-34)11-6-8-12(24)9-7-11/h2-9,16-18,37H,10H2,1H3/t16-,18?/m1/s1. The number of carbonyl (C=O) groups is 1. The van der Waals surface area contributed by atoms with Gasteiger partial charge < -0.3 is 9.84 Å². The predicted octanol–water partition coefficient (Wildman–Crippen LogP) is 3.89. The number of hydrogen-bond acceptors (Lipinski definition) is 7. The van der Waals surface area contributed by atoms with Crippen LogP contribution in [0.4, 0.5) is 26.3 Å². The zero-order valence-corrected chi connectivity index (χ0v) is 20.8. The summed E-state index contributed by atoms with van der Waals surface area (Å²) >= 11 is 5.85. The second kappa shape index (κ2) is 11.1. The number of benzene rings is 2. The van der Waals surface area contributed by atoms with Crippen LogP contribution in [0.2, 0.25) is 5.02 Å². The first-order chi connectivity index (χ1) is 18.8. The van der Waals surface area contributed by atoms with Crippen LogP contribution < -0.4 is 5.69 Å². The van der Waals surface area contributed by atoms with E-state index in [2.05, 4.69) is 19.9 Å². The molecule has 2 heterocycles. The molecule has 0 aliphatic carbocycles. The first-order valence-corrected chi connectivity index (χ1v) is 11.5. The molecule has 0 saturated heterocycles. The van der Waals surface area contributed by atoms with E-state index in [0.29, 0.717) is 9.36 Å². The van der Waals surface area contributed by atoms with Crippen LogP contribution >= 0.6 is 11.6 Å². The van der Waals surface area contributed by atoms with Gasteiger partial charge in [-0.05, 0) is 36.4 Å². The summed E-state index contributed by atoms with van der Waals surface area (Å²) in [5.41, 5.74) is -3.02.